The molecule has 0 saturated heterocycles. The zero-order chi connectivity index (χ0) is 22.7. The summed E-state index contributed by atoms with van der Waals surface area (Å²) in [6, 6.07) is 19.8. The molecule has 0 saturated carbocycles. The van der Waals surface area contributed by atoms with Crippen LogP contribution >= 0.6 is 0 Å². The molecule has 0 fully saturated rings. The molecule has 2 amide bonds. The van der Waals surface area contributed by atoms with E-state index in [1.165, 1.54) is 35.2 Å². The number of anilines is 1. The Kier molecular flexibility index (Phi) is 6.09. The molecule has 2 N–H and O–H groups in total. The van der Waals surface area contributed by atoms with E-state index < -0.39 is 17.6 Å². The Balaban J connectivity index is 1.63. The number of carbonyl (C=O) groups is 3. The third-order valence-corrected chi connectivity index (χ3v) is 5.62. The number of Topliss-reactive ketones (excluding diaryl/α,β-unsaturated/α-hetero) is 1. The molecular weight excluding hydrogens is 411 g/mol. The monoisotopic (exact) mass is 432 g/mol. The molecule has 7 heteroatoms. The van der Waals surface area contributed by atoms with Gasteiger partial charge in [0.1, 0.15) is 11.7 Å². The van der Waals surface area contributed by atoms with Gasteiger partial charge < -0.3 is 4.90 Å². The normalized spacial score (nSPS) is 15.4. The zero-order valence-electron chi connectivity index (χ0n) is 17.1. The summed E-state index contributed by atoms with van der Waals surface area (Å²) in [5.41, 5.74) is 4.13. The fourth-order valence-electron chi connectivity index (χ4n) is 3.93. The van der Waals surface area contributed by atoms with Crippen molar-refractivity contribution in [1.29, 1.82) is 0 Å². The van der Waals surface area contributed by atoms with Crippen molar-refractivity contribution in [3.63, 3.8) is 0 Å². The van der Waals surface area contributed by atoms with E-state index in [1.54, 1.807) is 17.6 Å². The summed E-state index contributed by atoms with van der Waals surface area (Å²) in [4.78, 5) is 39.4. The second-order valence-corrected chi connectivity index (χ2v) is 7.66. The molecule has 0 bridgehead atoms. The Bertz CT molecular complexity index is 1160. The first-order chi connectivity index (χ1) is 15.5. The van der Waals surface area contributed by atoms with Crippen LogP contribution in [0.25, 0.3) is 0 Å². The summed E-state index contributed by atoms with van der Waals surface area (Å²) in [5, 5.41) is 8.76. The summed E-state index contributed by atoms with van der Waals surface area (Å²) >= 11 is 0. The van der Waals surface area contributed by atoms with Gasteiger partial charge in [0.05, 0.1) is 12.2 Å². The molecule has 1 aliphatic rings. The van der Waals surface area contributed by atoms with Gasteiger partial charge in [-0.1, -0.05) is 42.5 Å². The van der Waals surface area contributed by atoms with Crippen LogP contribution in [-0.2, 0) is 17.8 Å². The van der Waals surface area contributed by atoms with Crippen LogP contribution in [0.1, 0.15) is 38.3 Å². The highest BCUT2D eigenvalue weighted by Gasteiger charge is 2.39. The van der Waals surface area contributed by atoms with Gasteiger partial charge in [-0.2, -0.15) is 0 Å². The maximum atomic E-state index is 13.9. The van der Waals surface area contributed by atoms with E-state index in [2.05, 4.69) is 0 Å². The number of amides is 2. The van der Waals surface area contributed by atoms with Crippen molar-refractivity contribution in [2.75, 3.05) is 4.90 Å². The summed E-state index contributed by atoms with van der Waals surface area (Å²) < 4.78 is 13.9. The summed E-state index contributed by atoms with van der Waals surface area (Å²) in [7, 11) is 0. The highest BCUT2D eigenvalue weighted by atomic mass is 19.1. The zero-order valence-corrected chi connectivity index (χ0v) is 17.1. The lowest BCUT2D eigenvalue weighted by Crippen LogP contribution is -2.44. The largest absolute Gasteiger partial charge is 0.307 e. The predicted octanol–water partition coefficient (Wildman–Crippen LogP) is 3.92. The van der Waals surface area contributed by atoms with Gasteiger partial charge in [0, 0.05) is 11.1 Å². The van der Waals surface area contributed by atoms with Gasteiger partial charge in [-0.05, 0) is 54.3 Å². The molecule has 4 rings (SSSR count). The first-order valence-electron chi connectivity index (χ1n) is 10.2. The lowest BCUT2D eigenvalue weighted by Gasteiger charge is -2.33. The number of rotatable bonds is 6. The van der Waals surface area contributed by atoms with E-state index in [9.17, 15) is 18.8 Å². The Morgan fingerprint density at radius 3 is 2.38 bits per heavy atom. The van der Waals surface area contributed by atoms with Gasteiger partial charge in [0.2, 0.25) is 5.91 Å². The molecule has 0 spiro atoms. The molecule has 3 aromatic rings. The van der Waals surface area contributed by atoms with Gasteiger partial charge in [-0.25, -0.2) is 9.87 Å². The summed E-state index contributed by atoms with van der Waals surface area (Å²) in [6.45, 7) is 0.160. The lowest BCUT2D eigenvalue weighted by molar-refractivity contribution is -0.121. The molecule has 1 heterocycles. The lowest BCUT2D eigenvalue weighted by atomic mass is 9.85. The van der Waals surface area contributed by atoms with Gasteiger partial charge in [0.25, 0.3) is 5.91 Å². The third-order valence-electron chi connectivity index (χ3n) is 5.62. The number of ketones is 1. The second-order valence-electron chi connectivity index (χ2n) is 7.66. The first-order valence-corrected chi connectivity index (χ1v) is 10.2. The Morgan fingerprint density at radius 1 is 0.969 bits per heavy atom. The number of hydrogen-bond acceptors (Lipinski definition) is 4. The highest BCUT2D eigenvalue weighted by molar-refractivity contribution is 6.21. The molecule has 6 nitrogen and oxygen atoms in total. The summed E-state index contributed by atoms with van der Waals surface area (Å²) in [6.07, 6.45) is 0.871. The van der Waals surface area contributed by atoms with Crippen molar-refractivity contribution in [3.05, 3.63) is 101 Å². The quantitative estimate of drug-likeness (QED) is 0.351. The van der Waals surface area contributed by atoms with E-state index in [1.807, 2.05) is 30.3 Å². The van der Waals surface area contributed by atoms with Crippen molar-refractivity contribution >= 4 is 23.3 Å². The third kappa shape index (κ3) is 4.29. The van der Waals surface area contributed by atoms with E-state index >= 15 is 0 Å². The number of nitrogens with zero attached hydrogens (tertiary/aromatic N) is 1. The molecule has 32 heavy (non-hydrogen) atoms. The van der Waals surface area contributed by atoms with Crippen LogP contribution in [0.4, 0.5) is 10.1 Å². The molecule has 0 aromatic heterocycles. The first kappa shape index (κ1) is 21.4. The van der Waals surface area contributed by atoms with Gasteiger partial charge in [0.15, 0.2) is 5.78 Å². The molecule has 1 aliphatic heterocycles. The Labute approximate surface area is 184 Å². The number of halogens is 1. The molecule has 1 unspecified atom stereocenters. The fraction of sp³-hybridized carbons (Fsp3) is 0.160. The van der Waals surface area contributed by atoms with Crippen LogP contribution in [0.2, 0.25) is 0 Å². The number of benzene rings is 3. The van der Waals surface area contributed by atoms with Crippen molar-refractivity contribution in [3.8, 4) is 0 Å². The van der Waals surface area contributed by atoms with Crippen molar-refractivity contribution < 1.29 is 24.0 Å². The summed E-state index contributed by atoms with van der Waals surface area (Å²) in [5.74, 6) is -2.77. The second kappa shape index (κ2) is 9.11. The number of nitrogens with one attached hydrogen (secondary N) is 1. The van der Waals surface area contributed by atoms with Crippen molar-refractivity contribution in [2.24, 2.45) is 5.92 Å². The average molecular weight is 432 g/mol. The molecule has 162 valence electrons. The van der Waals surface area contributed by atoms with Crippen LogP contribution in [0.15, 0.2) is 72.8 Å². The topological polar surface area (TPSA) is 86.7 Å². The van der Waals surface area contributed by atoms with Crippen LogP contribution in [0, 0.1) is 11.7 Å². The van der Waals surface area contributed by atoms with E-state index in [-0.39, 0.29) is 29.4 Å². The SMILES string of the molecule is O=C(NO)c1ccc(CN2C(=O)C(CCc3ccccc3)C(=O)c3cc(F)ccc32)cc1. The standard InChI is InChI=1S/C25H21FN2O4/c26-19-11-13-22-21(14-19)23(29)20(12-8-16-4-2-1-3-5-16)25(31)28(22)15-17-6-9-18(10-7-17)24(30)27-32/h1-7,9-11,13-14,20,32H,8,12,15H2,(H,27,30). The minimum absolute atomic E-state index is 0.160. The van der Waals surface area contributed by atoms with Crippen LogP contribution < -0.4 is 10.4 Å². The Morgan fingerprint density at radius 2 is 1.69 bits per heavy atom. The number of hydrogen-bond donors (Lipinski definition) is 2. The van der Waals surface area contributed by atoms with Crippen LogP contribution in [0.5, 0.6) is 0 Å². The molecule has 0 aliphatic carbocycles. The number of fused-ring (bicyclic) bond motifs is 1. The van der Waals surface area contributed by atoms with Crippen LogP contribution in [-0.4, -0.2) is 22.8 Å². The minimum Gasteiger partial charge on any atom is -0.307 e. The average Bonchev–Trinajstić information content (AvgIpc) is 2.82. The van der Waals surface area contributed by atoms with E-state index in [4.69, 9.17) is 5.21 Å². The predicted molar refractivity (Wildman–Crippen MR) is 116 cm³/mol. The molecule has 0 radical (unpaired) electrons. The highest BCUT2D eigenvalue weighted by Crippen LogP contribution is 2.34. The minimum atomic E-state index is -0.899. The molecule has 3 aromatic carbocycles. The number of hydroxylamine groups is 1. The smallest absolute Gasteiger partial charge is 0.274 e. The van der Waals surface area contributed by atoms with Gasteiger partial charge >= 0.3 is 0 Å². The number of carbonyl (C=O) groups excluding carboxylic acids is 3. The fourth-order valence-corrected chi connectivity index (χ4v) is 3.93. The van der Waals surface area contributed by atoms with Gasteiger partial charge in [-0.15, -0.1) is 0 Å². The molecular formula is C25H21FN2O4. The maximum absolute atomic E-state index is 13.9. The molecule has 1 atom stereocenters. The van der Waals surface area contributed by atoms with Crippen molar-refractivity contribution in [1.82, 2.24) is 5.48 Å². The maximum Gasteiger partial charge on any atom is 0.274 e. The van der Waals surface area contributed by atoms with Crippen molar-refractivity contribution in [2.45, 2.75) is 19.4 Å². The van der Waals surface area contributed by atoms with Gasteiger partial charge in [-0.3, -0.25) is 19.6 Å². The van der Waals surface area contributed by atoms with E-state index in [0.717, 1.165) is 11.1 Å². The Hall–Kier alpha value is -3.84. The number of aryl methyl sites for hydroxylation is 1. The van der Waals surface area contributed by atoms with E-state index in [0.29, 0.717) is 18.5 Å². The van der Waals surface area contributed by atoms with Crippen LogP contribution in [0.3, 0.4) is 0 Å².